The van der Waals surface area contributed by atoms with Gasteiger partial charge in [-0.05, 0) is 35.9 Å². The maximum absolute atomic E-state index is 13.7. The van der Waals surface area contributed by atoms with E-state index in [0.717, 1.165) is 11.3 Å². The minimum absolute atomic E-state index is 0.0186. The van der Waals surface area contributed by atoms with Crippen molar-refractivity contribution in [3.63, 3.8) is 0 Å². The van der Waals surface area contributed by atoms with Crippen LogP contribution >= 0.6 is 11.6 Å². The molecule has 0 saturated carbocycles. The van der Waals surface area contributed by atoms with Gasteiger partial charge in [-0.2, -0.15) is 4.98 Å². The second-order valence-corrected chi connectivity index (χ2v) is 7.02. The lowest BCUT2D eigenvalue weighted by Gasteiger charge is -2.16. The van der Waals surface area contributed by atoms with Crippen molar-refractivity contribution in [3.05, 3.63) is 64.8 Å². The molecule has 1 aliphatic heterocycles. The van der Waals surface area contributed by atoms with Gasteiger partial charge < -0.3 is 14.2 Å². The molecule has 2 aromatic carbocycles. The van der Waals surface area contributed by atoms with Gasteiger partial charge in [0.25, 0.3) is 0 Å². The smallest absolute Gasteiger partial charge is 0.232 e. The Labute approximate surface area is 165 Å². The molecule has 0 spiro atoms. The van der Waals surface area contributed by atoms with Gasteiger partial charge in [-0.1, -0.05) is 28.9 Å². The van der Waals surface area contributed by atoms with Crippen LogP contribution in [0.1, 0.15) is 23.8 Å². The number of benzene rings is 2. The zero-order valence-corrected chi connectivity index (χ0v) is 15.8. The third-order valence-corrected chi connectivity index (χ3v) is 5.00. The highest BCUT2D eigenvalue weighted by Crippen LogP contribution is 2.30. The van der Waals surface area contributed by atoms with Gasteiger partial charge in [0.15, 0.2) is 0 Å². The van der Waals surface area contributed by atoms with E-state index < -0.39 is 5.82 Å². The van der Waals surface area contributed by atoms with E-state index >= 15 is 0 Å². The third kappa shape index (κ3) is 3.71. The lowest BCUT2D eigenvalue weighted by molar-refractivity contribution is -0.128. The fraction of sp³-hybridized carbons (Fsp3) is 0.250. The van der Waals surface area contributed by atoms with Gasteiger partial charge in [-0.25, -0.2) is 4.39 Å². The Hall–Kier alpha value is -2.93. The van der Waals surface area contributed by atoms with Gasteiger partial charge in [-0.3, -0.25) is 4.79 Å². The number of amides is 1. The minimum atomic E-state index is -0.550. The largest absolute Gasteiger partial charge is 0.497 e. The molecule has 3 aromatic rings. The summed E-state index contributed by atoms with van der Waals surface area (Å²) < 4.78 is 24.2. The zero-order chi connectivity index (χ0) is 19.7. The predicted molar refractivity (Wildman–Crippen MR) is 100 cm³/mol. The number of carbonyl (C=O) groups excluding carboxylic acids is 1. The molecule has 6 nitrogen and oxygen atoms in total. The zero-order valence-electron chi connectivity index (χ0n) is 15.1. The molecule has 144 valence electrons. The van der Waals surface area contributed by atoms with Crippen LogP contribution in [0.2, 0.25) is 5.02 Å². The maximum atomic E-state index is 13.7. The highest BCUT2D eigenvalue weighted by Gasteiger charge is 2.34. The van der Waals surface area contributed by atoms with Crippen LogP contribution in [0.4, 0.5) is 4.39 Å². The van der Waals surface area contributed by atoms with Crippen LogP contribution in [0.5, 0.6) is 5.75 Å². The van der Waals surface area contributed by atoms with Crippen LogP contribution in [0.15, 0.2) is 47.0 Å². The maximum Gasteiger partial charge on any atom is 0.232 e. The summed E-state index contributed by atoms with van der Waals surface area (Å²) in [6.07, 6.45) is 0.292. The molecule has 0 aliphatic carbocycles. The Balaban J connectivity index is 1.48. The summed E-state index contributed by atoms with van der Waals surface area (Å²) in [6.45, 7) is 0.961. The number of carbonyl (C=O) groups is 1. The number of rotatable bonds is 5. The first-order valence-electron chi connectivity index (χ1n) is 8.73. The Morgan fingerprint density at radius 1 is 1.32 bits per heavy atom. The summed E-state index contributed by atoms with van der Waals surface area (Å²) in [6, 6.07) is 11.9. The summed E-state index contributed by atoms with van der Waals surface area (Å²) >= 11 is 5.70. The van der Waals surface area contributed by atoms with Gasteiger partial charge in [-0.15, -0.1) is 0 Å². The lowest BCUT2D eigenvalue weighted by Crippen LogP contribution is -2.24. The molecule has 2 heterocycles. The number of methoxy groups -OCH3 is 1. The molecule has 8 heteroatoms. The third-order valence-electron chi connectivity index (χ3n) is 4.69. The van der Waals surface area contributed by atoms with E-state index in [1.807, 2.05) is 24.3 Å². The Morgan fingerprint density at radius 3 is 2.96 bits per heavy atom. The van der Waals surface area contributed by atoms with Gasteiger partial charge in [0.2, 0.25) is 17.6 Å². The number of aromatic nitrogens is 2. The molecule has 1 fully saturated rings. The van der Waals surface area contributed by atoms with E-state index in [4.69, 9.17) is 20.9 Å². The monoisotopic (exact) mass is 401 g/mol. The first kappa shape index (κ1) is 18.4. The molecular weight excluding hydrogens is 385 g/mol. The normalized spacial score (nSPS) is 16.6. The first-order chi connectivity index (χ1) is 13.5. The number of halogens is 2. The van der Waals surface area contributed by atoms with Crippen molar-refractivity contribution < 1.29 is 18.4 Å². The minimum Gasteiger partial charge on any atom is -0.497 e. The van der Waals surface area contributed by atoms with E-state index in [0.29, 0.717) is 31.0 Å². The summed E-state index contributed by atoms with van der Waals surface area (Å²) in [5.41, 5.74) is 1.45. The number of nitrogens with zero attached hydrogens (tertiary/aromatic N) is 3. The fourth-order valence-electron chi connectivity index (χ4n) is 3.24. The quantitative estimate of drug-likeness (QED) is 0.645. The van der Waals surface area contributed by atoms with Gasteiger partial charge in [0, 0.05) is 25.1 Å². The SMILES string of the molecule is COc1cccc(CN2CC(c3nc(-c4ccc(Cl)c(F)c4)no3)CC2=O)c1. The number of likely N-dealkylation sites (tertiary alicyclic amines) is 1. The molecule has 1 aromatic heterocycles. The van der Waals surface area contributed by atoms with Crippen LogP contribution < -0.4 is 4.74 Å². The van der Waals surface area contributed by atoms with E-state index in [1.54, 1.807) is 18.1 Å². The molecule has 0 radical (unpaired) electrons. The average molecular weight is 402 g/mol. The summed E-state index contributed by atoms with van der Waals surface area (Å²) in [7, 11) is 1.61. The van der Waals surface area contributed by atoms with Gasteiger partial charge >= 0.3 is 0 Å². The Kier molecular flexibility index (Phi) is 5.00. The van der Waals surface area contributed by atoms with Crippen molar-refractivity contribution in [2.24, 2.45) is 0 Å². The van der Waals surface area contributed by atoms with Crippen LogP contribution in [-0.4, -0.2) is 34.6 Å². The Bertz CT molecular complexity index is 1020. The van der Waals surface area contributed by atoms with Crippen LogP contribution in [-0.2, 0) is 11.3 Å². The molecular formula is C20H17ClFN3O3. The van der Waals surface area contributed by atoms with Gasteiger partial charge in [0.1, 0.15) is 11.6 Å². The lowest BCUT2D eigenvalue weighted by atomic mass is 10.1. The van der Waals surface area contributed by atoms with E-state index in [-0.39, 0.29) is 22.7 Å². The number of hydrogen-bond acceptors (Lipinski definition) is 5. The topological polar surface area (TPSA) is 68.5 Å². The highest BCUT2D eigenvalue weighted by molar-refractivity contribution is 6.30. The molecule has 1 saturated heterocycles. The Morgan fingerprint density at radius 2 is 2.18 bits per heavy atom. The van der Waals surface area contributed by atoms with Crippen LogP contribution in [0.25, 0.3) is 11.4 Å². The van der Waals surface area contributed by atoms with Crippen LogP contribution in [0, 0.1) is 5.82 Å². The molecule has 0 N–H and O–H groups in total. The predicted octanol–water partition coefficient (Wildman–Crippen LogP) is 4.05. The van der Waals surface area contributed by atoms with Crippen molar-refractivity contribution in [2.75, 3.05) is 13.7 Å². The van der Waals surface area contributed by atoms with E-state index in [9.17, 15) is 9.18 Å². The van der Waals surface area contributed by atoms with Crippen molar-refractivity contribution in [1.82, 2.24) is 15.0 Å². The van der Waals surface area contributed by atoms with Crippen molar-refractivity contribution in [3.8, 4) is 17.1 Å². The molecule has 4 rings (SSSR count). The van der Waals surface area contributed by atoms with Gasteiger partial charge in [0.05, 0.1) is 18.1 Å². The second kappa shape index (κ2) is 7.59. The second-order valence-electron chi connectivity index (χ2n) is 6.61. The molecule has 28 heavy (non-hydrogen) atoms. The van der Waals surface area contributed by atoms with Crippen LogP contribution in [0.3, 0.4) is 0 Å². The molecule has 1 unspecified atom stereocenters. The molecule has 1 aliphatic rings. The van der Waals surface area contributed by atoms with E-state index in [2.05, 4.69) is 10.1 Å². The van der Waals surface area contributed by atoms with Crippen molar-refractivity contribution in [2.45, 2.75) is 18.9 Å². The molecule has 0 bridgehead atoms. The fourth-order valence-corrected chi connectivity index (χ4v) is 3.35. The average Bonchev–Trinajstić information content (AvgIpc) is 3.32. The first-order valence-corrected chi connectivity index (χ1v) is 9.11. The number of hydrogen-bond donors (Lipinski definition) is 0. The van der Waals surface area contributed by atoms with Crippen molar-refractivity contribution >= 4 is 17.5 Å². The number of ether oxygens (including phenoxy) is 1. The molecule has 1 atom stereocenters. The summed E-state index contributed by atoms with van der Waals surface area (Å²) in [5, 5.41) is 3.95. The molecule has 1 amide bonds. The standard InChI is InChI=1S/C20H17ClFN3O3/c1-27-15-4-2-3-12(7-15)10-25-11-14(9-18(25)26)20-23-19(24-28-20)13-5-6-16(21)17(22)8-13/h2-8,14H,9-11H2,1H3. The summed E-state index contributed by atoms with van der Waals surface area (Å²) in [5.74, 6) is 0.654. The highest BCUT2D eigenvalue weighted by atomic mass is 35.5. The summed E-state index contributed by atoms with van der Waals surface area (Å²) in [4.78, 5) is 18.5. The van der Waals surface area contributed by atoms with Crippen molar-refractivity contribution in [1.29, 1.82) is 0 Å². The van der Waals surface area contributed by atoms with E-state index in [1.165, 1.54) is 12.1 Å².